The summed E-state index contributed by atoms with van der Waals surface area (Å²) in [5, 5.41) is 0. The topological polar surface area (TPSA) is 34.1 Å². The Morgan fingerprint density at radius 1 is 1.42 bits per heavy atom. The van der Waals surface area contributed by atoms with Crippen molar-refractivity contribution in [1.82, 2.24) is 0 Å². The zero-order valence-corrected chi connectivity index (χ0v) is 8.24. The molecular weight excluding hydrogens is 203 g/mol. The Hall–Kier alpha value is 0.170. The first-order chi connectivity index (χ1) is 5.49. The van der Waals surface area contributed by atoms with Gasteiger partial charge in [0.25, 0.3) is 0 Å². The van der Waals surface area contributed by atoms with Crippen molar-refractivity contribution in [1.29, 1.82) is 0 Å². The fraction of sp³-hybridized carbons (Fsp3) is 1.00. The van der Waals surface area contributed by atoms with E-state index in [4.69, 9.17) is 10.7 Å². The van der Waals surface area contributed by atoms with Crippen LogP contribution in [0.15, 0.2) is 0 Å². The normalized spacial score (nSPS) is 30.8. The van der Waals surface area contributed by atoms with Crippen molar-refractivity contribution >= 4 is 19.7 Å². The lowest BCUT2D eigenvalue weighted by Gasteiger charge is -2.09. The first kappa shape index (κ1) is 10.3. The number of hydrogen-bond acceptors (Lipinski definition) is 2. The molecule has 5 heteroatoms. The maximum atomic E-state index is 12.9. The standard InChI is InChI=1S/C7H12ClFO2S/c8-12(10,11)5-4-6-2-1-3-7(6)9/h6-7H,1-5H2. The number of hydrogen-bond donors (Lipinski definition) is 0. The van der Waals surface area contributed by atoms with E-state index < -0.39 is 15.2 Å². The third-order valence-electron chi connectivity index (χ3n) is 2.30. The number of rotatable bonds is 3. The minimum Gasteiger partial charge on any atom is -0.247 e. The van der Waals surface area contributed by atoms with Gasteiger partial charge in [0.1, 0.15) is 6.17 Å². The highest BCUT2D eigenvalue weighted by atomic mass is 35.7. The first-order valence-electron chi connectivity index (χ1n) is 4.05. The van der Waals surface area contributed by atoms with E-state index in [1.54, 1.807) is 0 Å². The van der Waals surface area contributed by atoms with E-state index in [1.807, 2.05) is 0 Å². The van der Waals surface area contributed by atoms with Crippen LogP contribution in [0.5, 0.6) is 0 Å². The summed E-state index contributed by atoms with van der Waals surface area (Å²) < 4.78 is 34.0. The summed E-state index contributed by atoms with van der Waals surface area (Å²) >= 11 is 0. The molecule has 2 unspecified atom stereocenters. The molecule has 0 radical (unpaired) electrons. The van der Waals surface area contributed by atoms with Crippen molar-refractivity contribution in [2.45, 2.75) is 31.9 Å². The fourth-order valence-electron chi connectivity index (χ4n) is 1.61. The molecule has 0 aromatic rings. The van der Waals surface area contributed by atoms with Gasteiger partial charge in [-0.1, -0.05) is 6.42 Å². The summed E-state index contributed by atoms with van der Waals surface area (Å²) in [5.74, 6) is -0.182. The Morgan fingerprint density at radius 2 is 2.08 bits per heavy atom. The van der Waals surface area contributed by atoms with Crippen LogP contribution in [0.1, 0.15) is 25.7 Å². The van der Waals surface area contributed by atoms with Crippen molar-refractivity contribution in [2.24, 2.45) is 5.92 Å². The van der Waals surface area contributed by atoms with Gasteiger partial charge in [-0.3, -0.25) is 0 Å². The minimum absolute atomic E-state index is 0.0847. The van der Waals surface area contributed by atoms with Gasteiger partial charge in [0, 0.05) is 10.7 Å². The van der Waals surface area contributed by atoms with Gasteiger partial charge in [-0.15, -0.1) is 0 Å². The van der Waals surface area contributed by atoms with Crippen molar-refractivity contribution in [2.75, 3.05) is 5.75 Å². The molecule has 0 spiro atoms. The third-order valence-corrected chi connectivity index (χ3v) is 3.49. The van der Waals surface area contributed by atoms with Crippen molar-refractivity contribution < 1.29 is 12.8 Å². The first-order valence-corrected chi connectivity index (χ1v) is 6.53. The highest BCUT2D eigenvalue weighted by molar-refractivity contribution is 8.13. The second kappa shape index (κ2) is 3.92. The van der Waals surface area contributed by atoms with Gasteiger partial charge < -0.3 is 0 Å². The summed E-state index contributed by atoms with van der Waals surface area (Å²) in [7, 11) is 1.58. The van der Waals surface area contributed by atoms with Gasteiger partial charge in [-0.05, 0) is 25.2 Å². The predicted molar refractivity (Wildman–Crippen MR) is 46.5 cm³/mol. The molecule has 1 saturated carbocycles. The molecule has 0 amide bonds. The Morgan fingerprint density at radius 3 is 2.50 bits per heavy atom. The van der Waals surface area contributed by atoms with Crippen LogP contribution in [-0.2, 0) is 9.05 Å². The van der Waals surface area contributed by atoms with Crippen LogP contribution in [-0.4, -0.2) is 20.3 Å². The smallest absolute Gasteiger partial charge is 0.232 e. The van der Waals surface area contributed by atoms with Crippen molar-refractivity contribution in [3.05, 3.63) is 0 Å². The molecule has 0 N–H and O–H groups in total. The highest BCUT2D eigenvalue weighted by Gasteiger charge is 2.27. The summed E-state index contributed by atoms with van der Waals surface area (Å²) in [6, 6.07) is 0. The maximum Gasteiger partial charge on any atom is 0.232 e. The van der Waals surface area contributed by atoms with Crippen LogP contribution >= 0.6 is 10.7 Å². The average molecular weight is 215 g/mol. The lowest BCUT2D eigenvalue weighted by molar-refractivity contribution is 0.258. The van der Waals surface area contributed by atoms with Crippen LogP contribution in [0.3, 0.4) is 0 Å². The molecular formula is C7H12ClFO2S. The van der Waals surface area contributed by atoms with E-state index in [0.717, 1.165) is 12.8 Å². The summed E-state index contributed by atoms with van der Waals surface area (Å²) in [6.45, 7) is 0. The molecule has 1 aliphatic carbocycles. The molecule has 2 atom stereocenters. The van der Waals surface area contributed by atoms with Crippen LogP contribution in [0.4, 0.5) is 4.39 Å². The van der Waals surface area contributed by atoms with E-state index in [-0.39, 0.29) is 11.7 Å². The molecule has 12 heavy (non-hydrogen) atoms. The van der Waals surface area contributed by atoms with Gasteiger partial charge in [0.2, 0.25) is 9.05 Å². The van der Waals surface area contributed by atoms with Crippen LogP contribution in [0.2, 0.25) is 0 Å². The largest absolute Gasteiger partial charge is 0.247 e. The lowest BCUT2D eigenvalue weighted by Crippen LogP contribution is -2.12. The predicted octanol–water partition coefficient (Wildman–Crippen LogP) is 2.08. The second-order valence-electron chi connectivity index (χ2n) is 3.24. The maximum absolute atomic E-state index is 12.9. The average Bonchev–Trinajstić information content (AvgIpc) is 2.29. The van der Waals surface area contributed by atoms with Crippen molar-refractivity contribution in [3.63, 3.8) is 0 Å². The fourth-order valence-corrected chi connectivity index (χ4v) is 2.46. The Labute approximate surface area is 76.5 Å². The minimum atomic E-state index is -3.43. The third kappa shape index (κ3) is 3.27. The summed E-state index contributed by atoms with van der Waals surface area (Å²) in [6.07, 6.45) is 1.80. The molecule has 0 saturated heterocycles. The number of alkyl halides is 1. The van der Waals surface area contributed by atoms with Gasteiger partial charge in [-0.25, -0.2) is 12.8 Å². The molecule has 0 aromatic heterocycles. The number of halogens is 2. The zero-order chi connectivity index (χ0) is 9.19. The van der Waals surface area contributed by atoms with Crippen LogP contribution < -0.4 is 0 Å². The molecule has 0 aliphatic heterocycles. The molecule has 2 nitrogen and oxygen atoms in total. The molecule has 1 fully saturated rings. The summed E-state index contributed by atoms with van der Waals surface area (Å²) in [5.41, 5.74) is 0. The highest BCUT2D eigenvalue weighted by Crippen LogP contribution is 2.31. The molecule has 0 heterocycles. The van der Waals surface area contributed by atoms with E-state index in [9.17, 15) is 12.8 Å². The van der Waals surface area contributed by atoms with Crippen LogP contribution in [0.25, 0.3) is 0 Å². The molecule has 0 bridgehead atoms. The quantitative estimate of drug-likeness (QED) is 0.675. The Kier molecular flexibility index (Phi) is 3.35. The van der Waals surface area contributed by atoms with Crippen LogP contribution in [0, 0.1) is 5.92 Å². The molecule has 1 rings (SSSR count). The van der Waals surface area contributed by atoms with Gasteiger partial charge in [0.05, 0.1) is 5.75 Å². The van der Waals surface area contributed by atoms with E-state index >= 15 is 0 Å². The lowest BCUT2D eigenvalue weighted by atomic mass is 10.0. The molecule has 0 aromatic carbocycles. The van der Waals surface area contributed by atoms with E-state index in [2.05, 4.69) is 0 Å². The zero-order valence-electron chi connectivity index (χ0n) is 6.67. The Balaban J connectivity index is 2.32. The van der Waals surface area contributed by atoms with Gasteiger partial charge in [-0.2, -0.15) is 0 Å². The molecule has 1 aliphatic rings. The van der Waals surface area contributed by atoms with Gasteiger partial charge in [0.15, 0.2) is 0 Å². The summed E-state index contributed by atoms with van der Waals surface area (Å²) in [4.78, 5) is 0. The van der Waals surface area contributed by atoms with Gasteiger partial charge >= 0.3 is 0 Å². The SMILES string of the molecule is O=S(=O)(Cl)CCC1CCCC1F. The van der Waals surface area contributed by atoms with Crippen molar-refractivity contribution in [3.8, 4) is 0 Å². The van der Waals surface area contributed by atoms with E-state index in [0.29, 0.717) is 12.8 Å². The second-order valence-corrected chi connectivity index (χ2v) is 6.14. The Bertz CT molecular complexity index is 240. The monoisotopic (exact) mass is 214 g/mol. The van der Waals surface area contributed by atoms with E-state index in [1.165, 1.54) is 0 Å². The molecule has 72 valence electrons.